The second kappa shape index (κ2) is 6.17. The van der Waals surface area contributed by atoms with E-state index in [1.54, 1.807) is 15.6 Å². The zero-order valence-corrected chi connectivity index (χ0v) is 13.7. The first-order valence-corrected chi connectivity index (χ1v) is 9.35. The van der Waals surface area contributed by atoms with Crippen LogP contribution in [0.1, 0.15) is 5.69 Å². The second-order valence-electron chi connectivity index (χ2n) is 5.18. The minimum Gasteiger partial charge on any atom is -0.379 e. The average Bonchev–Trinajstić information content (AvgIpc) is 2.95. The van der Waals surface area contributed by atoms with Crippen molar-refractivity contribution in [1.29, 1.82) is 0 Å². The van der Waals surface area contributed by atoms with Gasteiger partial charge in [0.2, 0.25) is 0 Å². The summed E-state index contributed by atoms with van der Waals surface area (Å²) in [4.78, 5) is 6.62. The van der Waals surface area contributed by atoms with Crippen molar-refractivity contribution in [2.75, 3.05) is 57.4 Å². The highest BCUT2D eigenvalue weighted by Gasteiger charge is 2.33. The third-order valence-electron chi connectivity index (χ3n) is 3.74. The Balaban J connectivity index is 1.62. The molecule has 0 atom stereocenters. The van der Waals surface area contributed by atoms with Gasteiger partial charge in [-0.25, -0.2) is 4.98 Å². The fraction of sp³-hybridized carbons (Fsp3) is 0.750. The number of aromatic nitrogens is 1. The molecule has 9 heteroatoms. The lowest BCUT2D eigenvalue weighted by Gasteiger charge is -2.37. The molecule has 1 aromatic heterocycles. The van der Waals surface area contributed by atoms with E-state index in [9.17, 15) is 8.42 Å². The lowest BCUT2D eigenvalue weighted by atomic mass is 10.4. The molecule has 118 valence electrons. The summed E-state index contributed by atoms with van der Waals surface area (Å²) in [5, 5.41) is 3.00. The first-order valence-electron chi connectivity index (χ1n) is 7.07. The molecule has 0 bridgehead atoms. The van der Waals surface area contributed by atoms with Gasteiger partial charge >= 0.3 is 0 Å². The van der Waals surface area contributed by atoms with Crippen LogP contribution in [0.2, 0.25) is 0 Å². The van der Waals surface area contributed by atoms with Crippen LogP contribution >= 0.6 is 11.3 Å². The van der Waals surface area contributed by atoms with Crippen LogP contribution in [0, 0.1) is 6.92 Å². The molecular weight excluding hydrogens is 312 g/mol. The third kappa shape index (κ3) is 3.21. The molecule has 1 aromatic rings. The summed E-state index contributed by atoms with van der Waals surface area (Å²) in [5.41, 5.74) is 1.01. The molecule has 0 amide bonds. The monoisotopic (exact) mass is 332 g/mol. The highest BCUT2D eigenvalue weighted by atomic mass is 32.2. The molecule has 2 aliphatic heterocycles. The highest BCUT2D eigenvalue weighted by Crippen LogP contribution is 2.22. The van der Waals surface area contributed by atoms with Crippen molar-refractivity contribution in [1.82, 2.24) is 13.6 Å². The lowest BCUT2D eigenvalue weighted by molar-refractivity contribution is 0.0700. The van der Waals surface area contributed by atoms with Crippen molar-refractivity contribution in [3.63, 3.8) is 0 Å². The number of morpholine rings is 1. The number of ether oxygens (including phenoxy) is 1. The largest absolute Gasteiger partial charge is 0.379 e. The van der Waals surface area contributed by atoms with Gasteiger partial charge in [-0.05, 0) is 6.92 Å². The minimum atomic E-state index is -3.34. The summed E-state index contributed by atoms with van der Waals surface area (Å²) in [6.45, 7) is 6.25. The van der Waals surface area contributed by atoms with E-state index < -0.39 is 10.2 Å². The topological polar surface area (TPSA) is 66.0 Å². The van der Waals surface area contributed by atoms with Gasteiger partial charge in [0.15, 0.2) is 5.13 Å². The van der Waals surface area contributed by atoms with E-state index in [2.05, 4.69) is 9.88 Å². The van der Waals surface area contributed by atoms with E-state index in [1.807, 2.05) is 12.3 Å². The van der Waals surface area contributed by atoms with Crippen LogP contribution in [0.5, 0.6) is 0 Å². The maximum absolute atomic E-state index is 12.6. The molecule has 0 aromatic carbocycles. The number of rotatable bonds is 3. The van der Waals surface area contributed by atoms with Crippen LogP contribution in [0.15, 0.2) is 5.38 Å². The zero-order chi connectivity index (χ0) is 14.9. The van der Waals surface area contributed by atoms with Crippen LogP contribution in [-0.2, 0) is 14.9 Å². The van der Waals surface area contributed by atoms with E-state index in [4.69, 9.17) is 4.74 Å². The Morgan fingerprint density at radius 2 is 1.71 bits per heavy atom. The van der Waals surface area contributed by atoms with Crippen molar-refractivity contribution in [3.05, 3.63) is 11.1 Å². The Labute approximate surface area is 129 Å². The molecule has 2 aliphatic rings. The average molecular weight is 332 g/mol. The van der Waals surface area contributed by atoms with Crippen molar-refractivity contribution in [2.45, 2.75) is 6.92 Å². The Morgan fingerprint density at radius 1 is 1.10 bits per heavy atom. The Bertz CT molecular complexity index is 575. The molecule has 0 spiro atoms. The fourth-order valence-corrected chi connectivity index (χ4v) is 4.96. The van der Waals surface area contributed by atoms with Crippen molar-refractivity contribution in [3.8, 4) is 0 Å². The minimum absolute atomic E-state index is 0.453. The van der Waals surface area contributed by atoms with Gasteiger partial charge in [-0.2, -0.15) is 17.0 Å². The molecule has 0 aliphatic carbocycles. The Kier molecular flexibility index (Phi) is 4.46. The predicted octanol–water partition coefficient (Wildman–Crippen LogP) is 0.151. The van der Waals surface area contributed by atoms with Crippen LogP contribution in [-0.4, -0.2) is 74.5 Å². The Hall–Kier alpha value is -0.740. The number of hydrogen-bond donors (Lipinski definition) is 0. The summed E-state index contributed by atoms with van der Waals surface area (Å²) < 4.78 is 33.4. The number of hydrogen-bond acceptors (Lipinski definition) is 6. The Morgan fingerprint density at radius 3 is 2.29 bits per heavy atom. The molecule has 3 rings (SSSR count). The van der Waals surface area contributed by atoms with E-state index >= 15 is 0 Å². The summed E-state index contributed by atoms with van der Waals surface area (Å²) in [6, 6.07) is 0. The maximum Gasteiger partial charge on any atom is 0.282 e. The van der Waals surface area contributed by atoms with E-state index in [-0.39, 0.29) is 0 Å². The number of piperazine rings is 1. The van der Waals surface area contributed by atoms with Gasteiger partial charge in [-0.15, -0.1) is 11.3 Å². The maximum atomic E-state index is 12.6. The van der Waals surface area contributed by atoms with Crippen LogP contribution in [0.4, 0.5) is 5.13 Å². The van der Waals surface area contributed by atoms with Gasteiger partial charge in [-0.1, -0.05) is 0 Å². The number of anilines is 1. The summed E-state index contributed by atoms with van der Waals surface area (Å²) in [7, 11) is -3.34. The van der Waals surface area contributed by atoms with Gasteiger partial charge < -0.3 is 9.64 Å². The normalized spacial score (nSPS) is 22.6. The molecule has 0 radical (unpaired) electrons. The summed E-state index contributed by atoms with van der Waals surface area (Å²) in [6.07, 6.45) is 0. The predicted molar refractivity (Wildman–Crippen MR) is 81.9 cm³/mol. The summed E-state index contributed by atoms with van der Waals surface area (Å²) in [5.74, 6) is 0. The molecule has 3 heterocycles. The zero-order valence-electron chi connectivity index (χ0n) is 12.1. The quantitative estimate of drug-likeness (QED) is 0.788. The van der Waals surface area contributed by atoms with Crippen LogP contribution < -0.4 is 4.90 Å². The van der Waals surface area contributed by atoms with Gasteiger partial charge in [0.1, 0.15) is 0 Å². The summed E-state index contributed by atoms with van der Waals surface area (Å²) >= 11 is 1.61. The lowest BCUT2D eigenvalue weighted by Crippen LogP contribution is -2.55. The van der Waals surface area contributed by atoms with Crippen molar-refractivity contribution < 1.29 is 13.2 Å². The second-order valence-corrected chi connectivity index (χ2v) is 7.94. The number of thiazole rings is 1. The molecule has 0 saturated carbocycles. The fourth-order valence-electron chi connectivity index (χ4n) is 2.54. The number of aryl methyl sites for hydroxylation is 1. The number of nitrogens with zero attached hydrogens (tertiary/aromatic N) is 4. The molecule has 2 saturated heterocycles. The highest BCUT2D eigenvalue weighted by molar-refractivity contribution is 7.86. The third-order valence-corrected chi connectivity index (χ3v) is 6.79. The van der Waals surface area contributed by atoms with E-state index in [0.29, 0.717) is 52.5 Å². The smallest absolute Gasteiger partial charge is 0.282 e. The first-order chi connectivity index (χ1) is 10.1. The van der Waals surface area contributed by atoms with Crippen LogP contribution in [0.3, 0.4) is 0 Å². The van der Waals surface area contributed by atoms with Gasteiger partial charge in [-0.3, -0.25) is 0 Å². The SMILES string of the molecule is Cc1csc(N2CCN(S(=O)(=O)N3CCOCC3)CC2)n1. The molecule has 21 heavy (non-hydrogen) atoms. The molecule has 0 N–H and O–H groups in total. The van der Waals surface area contributed by atoms with Gasteiger partial charge in [0.25, 0.3) is 10.2 Å². The molecule has 7 nitrogen and oxygen atoms in total. The molecule has 0 unspecified atom stereocenters. The van der Waals surface area contributed by atoms with Gasteiger partial charge in [0.05, 0.1) is 18.9 Å². The van der Waals surface area contributed by atoms with E-state index in [0.717, 1.165) is 10.8 Å². The van der Waals surface area contributed by atoms with E-state index in [1.165, 1.54) is 4.31 Å². The first kappa shape index (κ1) is 15.2. The van der Waals surface area contributed by atoms with Gasteiger partial charge in [0, 0.05) is 44.6 Å². The van der Waals surface area contributed by atoms with Crippen molar-refractivity contribution in [2.24, 2.45) is 0 Å². The van der Waals surface area contributed by atoms with Crippen LogP contribution in [0.25, 0.3) is 0 Å². The molecular formula is C12H20N4O3S2. The molecule has 2 fully saturated rings. The standard InChI is InChI=1S/C12H20N4O3S2/c1-11-10-20-12(13-11)14-2-4-15(5-3-14)21(17,18)16-6-8-19-9-7-16/h10H,2-9H2,1H3. The van der Waals surface area contributed by atoms with Crippen molar-refractivity contribution >= 4 is 26.7 Å².